The van der Waals surface area contributed by atoms with Crippen molar-refractivity contribution in [3.05, 3.63) is 47.5 Å². The number of hydrogen-bond donors (Lipinski definition) is 2. The van der Waals surface area contributed by atoms with Crippen molar-refractivity contribution < 1.29 is 4.79 Å². The van der Waals surface area contributed by atoms with Crippen LogP contribution in [0.2, 0.25) is 5.02 Å². The van der Waals surface area contributed by atoms with Gasteiger partial charge < -0.3 is 10.6 Å². The van der Waals surface area contributed by atoms with Crippen molar-refractivity contribution in [1.82, 2.24) is 15.5 Å². The first-order valence-corrected chi connectivity index (χ1v) is 8.67. The highest BCUT2D eigenvalue weighted by Gasteiger charge is 2.07. The van der Waals surface area contributed by atoms with E-state index in [-0.39, 0.29) is 5.91 Å². The van der Waals surface area contributed by atoms with Gasteiger partial charge in [0.05, 0.1) is 5.75 Å². The minimum absolute atomic E-state index is 0.0456. The highest BCUT2D eigenvalue weighted by Crippen LogP contribution is 2.25. The van der Waals surface area contributed by atoms with Gasteiger partial charge in [0.2, 0.25) is 11.0 Å². The standard InChI is InChI=1S/C14H15ClN4OS2/c1-2-7-16-13-18-19-14(22-13)21-9-12(20)17-8-10-3-5-11(15)6-4-10/h2-6H,1,7-9H2,(H,16,18)(H,17,20). The summed E-state index contributed by atoms with van der Waals surface area (Å²) in [6, 6.07) is 7.38. The molecule has 2 aromatic rings. The molecule has 0 unspecified atom stereocenters. The highest BCUT2D eigenvalue weighted by molar-refractivity contribution is 8.01. The molecule has 0 radical (unpaired) electrons. The van der Waals surface area contributed by atoms with E-state index in [9.17, 15) is 4.79 Å². The molecule has 0 atom stereocenters. The summed E-state index contributed by atoms with van der Waals surface area (Å²) in [4.78, 5) is 11.8. The molecule has 0 saturated carbocycles. The predicted octanol–water partition coefficient (Wildman–Crippen LogP) is 3.20. The van der Waals surface area contributed by atoms with Crippen molar-refractivity contribution in [2.24, 2.45) is 0 Å². The number of nitrogens with zero attached hydrogens (tertiary/aromatic N) is 2. The number of halogens is 1. The summed E-state index contributed by atoms with van der Waals surface area (Å²) < 4.78 is 0.758. The van der Waals surface area contributed by atoms with Crippen molar-refractivity contribution in [1.29, 1.82) is 0 Å². The largest absolute Gasteiger partial charge is 0.357 e. The maximum atomic E-state index is 11.8. The van der Waals surface area contributed by atoms with Crippen molar-refractivity contribution in [3.63, 3.8) is 0 Å². The van der Waals surface area contributed by atoms with Crippen LogP contribution in [0.5, 0.6) is 0 Å². The normalized spacial score (nSPS) is 10.2. The molecule has 22 heavy (non-hydrogen) atoms. The number of carbonyl (C=O) groups excluding carboxylic acids is 1. The van der Waals surface area contributed by atoms with Gasteiger partial charge in [-0.1, -0.05) is 52.9 Å². The average molecular weight is 355 g/mol. The molecule has 0 aliphatic heterocycles. The number of anilines is 1. The van der Waals surface area contributed by atoms with Crippen molar-refractivity contribution in [2.75, 3.05) is 17.6 Å². The Balaban J connectivity index is 1.72. The van der Waals surface area contributed by atoms with Gasteiger partial charge in [0, 0.05) is 18.1 Å². The molecular weight excluding hydrogens is 340 g/mol. The van der Waals surface area contributed by atoms with Crippen molar-refractivity contribution >= 4 is 45.7 Å². The fraction of sp³-hybridized carbons (Fsp3) is 0.214. The number of carbonyl (C=O) groups is 1. The lowest BCUT2D eigenvalue weighted by atomic mass is 10.2. The van der Waals surface area contributed by atoms with Gasteiger partial charge in [0.15, 0.2) is 4.34 Å². The van der Waals surface area contributed by atoms with E-state index in [1.54, 1.807) is 18.2 Å². The molecule has 1 heterocycles. The van der Waals surface area contributed by atoms with Gasteiger partial charge in [-0.05, 0) is 17.7 Å². The Labute approximate surface area is 142 Å². The van der Waals surface area contributed by atoms with Crippen LogP contribution >= 0.6 is 34.7 Å². The summed E-state index contributed by atoms with van der Waals surface area (Å²) in [5, 5.41) is 15.3. The Morgan fingerprint density at radius 1 is 1.36 bits per heavy atom. The summed E-state index contributed by atoms with van der Waals surface area (Å²) in [5.74, 6) is 0.264. The van der Waals surface area contributed by atoms with Crippen LogP contribution in [0.4, 0.5) is 5.13 Å². The second-order valence-corrected chi connectivity index (χ2v) is 6.87. The van der Waals surface area contributed by atoms with Crippen LogP contribution in [-0.4, -0.2) is 28.4 Å². The lowest BCUT2D eigenvalue weighted by molar-refractivity contribution is -0.118. The molecule has 1 amide bonds. The number of hydrogen-bond acceptors (Lipinski definition) is 6. The van der Waals surface area contributed by atoms with E-state index in [4.69, 9.17) is 11.6 Å². The molecule has 116 valence electrons. The maximum absolute atomic E-state index is 11.8. The van der Waals surface area contributed by atoms with Gasteiger partial charge >= 0.3 is 0 Å². The smallest absolute Gasteiger partial charge is 0.230 e. The fourth-order valence-electron chi connectivity index (χ4n) is 1.48. The van der Waals surface area contributed by atoms with Gasteiger partial charge in [-0.25, -0.2) is 0 Å². The Morgan fingerprint density at radius 2 is 2.14 bits per heavy atom. The Morgan fingerprint density at radius 3 is 2.86 bits per heavy atom. The topological polar surface area (TPSA) is 66.9 Å². The van der Waals surface area contributed by atoms with E-state index in [2.05, 4.69) is 27.4 Å². The van der Waals surface area contributed by atoms with Crippen LogP contribution in [0.15, 0.2) is 41.3 Å². The van der Waals surface area contributed by atoms with E-state index < -0.39 is 0 Å². The molecule has 5 nitrogen and oxygen atoms in total. The SMILES string of the molecule is C=CCNc1nnc(SCC(=O)NCc2ccc(Cl)cc2)s1. The minimum Gasteiger partial charge on any atom is -0.357 e. The second kappa shape index (κ2) is 8.77. The fourth-order valence-corrected chi connectivity index (χ4v) is 3.19. The second-order valence-electron chi connectivity index (χ2n) is 4.23. The Hall–Kier alpha value is -1.57. The van der Waals surface area contributed by atoms with Gasteiger partial charge in [-0.15, -0.1) is 16.8 Å². The van der Waals surface area contributed by atoms with Crippen LogP contribution in [0.25, 0.3) is 0 Å². The van der Waals surface area contributed by atoms with E-state index >= 15 is 0 Å². The summed E-state index contributed by atoms with van der Waals surface area (Å²) >= 11 is 8.60. The molecule has 0 saturated heterocycles. The highest BCUT2D eigenvalue weighted by atomic mass is 35.5. The lowest BCUT2D eigenvalue weighted by Crippen LogP contribution is -2.24. The third-order valence-electron chi connectivity index (χ3n) is 2.53. The van der Waals surface area contributed by atoms with Crippen LogP contribution in [0.3, 0.4) is 0 Å². The van der Waals surface area contributed by atoms with Gasteiger partial charge in [0.1, 0.15) is 0 Å². The van der Waals surface area contributed by atoms with Crippen molar-refractivity contribution in [2.45, 2.75) is 10.9 Å². The number of aromatic nitrogens is 2. The zero-order chi connectivity index (χ0) is 15.8. The molecule has 2 rings (SSSR count). The molecule has 1 aromatic carbocycles. The molecule has 0 bridgehead atoms. The monoisotopic (exact) mass is 354 g/mol. The molecule has 8 heteroatoms. The van der Waals surface area contributed by atoms with Crippen LogP contribution in [-0.2, 0) is 11.3 Å². The lowest BCUT2D eigenvalue weighted by Gasteiger charge is -2.04. The van der Waals surface area contributed by atoms with Crippen LogP contribution < -0.4 is 10.6 Å². The first-order chi connectivity index (χ1) is 10.7. The number of thioether (sulfide) groups is 1. The average Bonchev–Trinajstić information content (AvgIpc) is 2.98. The quantitative estimate of drug-likeness (QED) is 0.563. The molecule has 2 N–H and O–H groups in total. The van der Waals surface area contributed by atoms with Crippen LogP contribution in [0.1, 0.15) is 5.56 Å². The Kier molecular flexibility index (Phi) is 6.70. The zero-order valence-electron chi connectivity index (χ0n) is 11.7. The van der Waals surface area contributed by atoms with Gasteiger partial charge in [-0.2, -0.15) is 0 Å². The van der Waals surface area contributed by atoms with E-state index in [0.717, 1.165) is 15.0 Å². The van der Waals surface area contributed by atoms with E-state index in [0.29, 0.717) is 23.9 Å². The van der Waals surface area contributed by atoms with Crippen molar-refractivity contribution in [3.8, 4) is 0 Å². The molecule has 0 aliphatic carbocycles. The first kappa shape index (κ1) is 16.8. The van der Waals surface area contributed by atoms with E-state index in [1.807, 2.05) is 12.1 Å². The summed E-state index contributed by atoms with van der Waals surface area (Å²) in [6.45, 7) is 4.75. The molecule has 1 aromatic heterocycles. The molecular formula is C14H15ClN4OS2. The molecule has 0 aliphatic rings. The van der Waals surface area contributed by atoms with Crippen LogP contribution in [0, 0.1) is 0 Å². The number of rotatable bonds is 8. The summed E-state index contributed by atoms with van der Waals surface area (Å²) in [5.41, 5.74) is 1.01. The first-order valence-electron chi connectivity index (χ1n) is 6.49. The number of amides is 1. The minimum atomic E-state index is -0.0456. The third kappa shape index (κ3) is 5.67. The van der Waals surface area contributed by atoms with Gasteiger partial charge in [0.25, 0.3) is 0 Å². The molecule has 0 fully saturated rings. The number of nitrogens with one attached hydrogen (secondary N) is 2. The predicted molar refractivity (Wildman–Crippen MR) is 92.6 cm³/mol. The third-order valence-corrected chi connectivity index (χ3v) is 4.80. The summed E-state index contributed by atoms with van der Waals surface area (Å²) in [6.07, 6.45) is 1.75. The Bertz CT molecular complexity index is 630. The van der Waals surface area contributed by atoms with E-state index in [1.165, 1.54) is 23.1 Å². The zero-order valence-corrected chi connectivity index (χ0v) is 14.1. The number of benzene rings is 1. The van der Waals surface area contributed by atoms with Gasteiger partial charge in [-0.3, -0.25) is 4.79 Å². The summed E-state index contributed by atoms with van der Waals surface area (Å²) in [7, 11) is 0. The molecule has 0 spiro atoms. The maximum Gasteiger partial charge on any atom is 0.230 e.